The van der Waals surface area contributed by atoms with Gasteiger partial charge < -0.3 is 9.84 Å². The SMILES string of the molecule is CCOC(=O)C1=C[C@@H](C)[C@](O)(C(F)F)N1C=O. The first-order valence-corrected chi connectivity index (χ1v) is 5.03. The van der Waals surface area contributed by atoms with Crippen molar-refractivity contribution in [2.45, 2.75) is 26.0 Å². The molecule has 96 valence electrons. The van der Waals surface area contributed by atoms with E-state index in [2.05, 4.69) is 4.74 Å². The van der Waals surface area contributed by atoms with Gasteiger partial charge in [-0.1, -0.05) is 6.92 Å². The van der Waals surface area contributed by atoms with Crippen LogP contribution >= 0.6 is 0 Å². The van der Waals surface area contributed by atoms with Crippen molar-refractivity contribution in [3.63, 3.8) is 0 Å². The Morgan fingerprint density at radius 1 is 1.76 bits per heavy atom. The van der Waals surface area contributed by atoms with E-state index in [1.54, 1.807) is 6.92 Å². The van der Waals surface area contributed by atoms with Crippen LogP contribution in [0.4, 0.5) is 8.78 Å². The number of hydrogen-bond donors (Lipinski definition) is 1. The molecular formula is C10H13F2NO4. The predicted octanol–water partition coefficient (Wildman–Crippen LogP) is 0.495. The zero-order valence-corrected chi connectivity index (χ0v) is 9.39. The molecule has 0 aromatic carbocycles. The lowest BCUT2D eigenvalue weighted by molar-refractivity contribution is -0.193. The van der Waals surface area contributed by atoms with E-state index in [1.807, 2.05) is 0 Å². The molecule has 0 saturated heterocycles. The number of amides is 1. The number of alkyl halides is 2. The van der Waals surface area contributed by atoms with E-state index in [9.17, 15) is 23.5 Å². The molecule has 0 fully saturated rings. The van der Waals surface area contributed by atoms with Crippen LogP contribution < -0.4 is 0 Å². The Kier molecular flexibility index (Phi) is 3.82. The largest absolute Gasteiger partial charge is 0.461 e. The molecule has 1 amide bonds. The summed E-state index contributed by atoms with van der Waals surface area (Å²) < 4.78 is 30.2. The Bertz CT molecular complexity index is 358. The van der Waals surface area contributed by atoms with Gasteiger partial charge in [0.05, 0.1) is 6.61 Å². The summed E-state index contributed by atoms with van der Waals surface area (Å²) >= 11 is 0. The summed E-state index contributed by atoms with van der Waals surface area (Å²) in [5.74, 6) is -1.98. The first kappa shape index (κ1) is 13.6. The van der Waals surface area contributed by atoms with E-state index in [0.29, 0.717) is 4.90 Å². The van der Waals surface area contributed by atoms with Crippen molar-refractivity contribution in [1.82, 2.24) is 4.90 Å². The number of aliphatic hydroxyl groups is 1. The van der Waals surface area contributed by atoms with Crippen LogP contribution in [0.3, 0.4) is 0 Å². The van der Waals surface area contributed by atoms with Crippen LogP contribution in [-0.2, 0) is 14.3 Å². The van der Waals surface area contributed by atoms with Crippen molar-refractivity contribution in [3.05, 3.63) is 11.8 Å². The van der Waals surface area contributed by atoms with E-state index in [0.717, 1.165) is 6.08 Å². The smallest absolute Gasteiger partial charge is 0.354 e. The Labute approximate surface area is 96.7 Å². The average molecular weight is 249 g/mol. The number of carbonyl (C=O) groups is 2. The summed E-state index contributed by atoms with van der Waals surface area (Å²) in [6.07, 6.45) is -2.09. The molecule has 0 saturated carbocycles. The first-order chi connectivity index (χ1) is 7.89. The maximum Gasteiger partial charge on any atom is 0.354 e. The van der Waals surface area contributed by atoms with E-state index in [1.165, 1.54) is 6.92 Å². The summed E-state index contributed by atoms with van der Waals surface area (Å²) in [7, 11) is 0. The topological polar surface area (TPSA) is 66.8 Å². The minimum absolute atomic E-state index is 0.00157. The summed E-state index contributed by atoms with van der Waals surface area (Å²) in [4.78, 5) is 22.5. The number of ether oxygens (including phenoxy) is 1. The number of esters is 1. The minimum atomic E-state index is -3.19. The molecule has 0 bridgehead atoms. The van der Waals surface area contributed by atoms with Gasteiger partial charge in [0.2, 0.25) is 12.1 Å². The number of carbonyl (C=O) groups excluding carboxylic acids is 2. The Balaban J connectivity index is 3.07. The molecule has 0 aromatic heterocycles. The van der Waals surface area contributed by atoms with Crippen LogP contribution in [0.15, 0.2) is 11.8 Å². The predicted molar refractivity (Wildman–Crippen MR) is 52.7 cm³/mol. The fourth-order valence-corrected chi connectivity index (χ4v) is 1.67. The van der Waals surface area contributed by atoms with Crippen molar-refractivity contribution in [3.8, 4) is 0 Å². The highest BCUT2D eigenvalue weighted by molar-refractivity contribution is 5.91. The lowest BCUT2D eigenvalue weighted by Crippen LogP contribution is -2.54. The van der Waals surface area contributed by atoms with Gasteiger partial charge in [-0.15, -0.1) is 0 Å². The maximum atomic E-state index is 12.8. The molecular weight excluding hydrogens is 236 g/mol. The van der Waals surface area contributed by atoms with Gasteiger partial charge in [0.25, 0.3) is 6.43 Å². The third-order valence-corrected chi connectivity index (χ3v) is 2.63. The van der Waals surface area contributed by atoms with Crippen molar-refractivity contribution >= 4 is 12.4 Å². The highest BCUT2D eigenvalue weighted by atomic mass is 19.3. The molecule has 2 atom stereocenters. The van der Waals surface area contributed by atoms with Gasteiger partial charge in [0.15, 0.2) is 0 Å². The van der Waals surface area contributed by atoms with Gasteiger partial charge in [-0.3, -0.25) is 9.69 Å². The van der Waals surface area contributed by atoms with E-state index in [-0.39, 0.29) is 18.7 Å². The third-order valence-electron chi connectivity index (χ3n) is 2.63. The average Bonchev–Trinajstić information content (AvgIpc) is 2.53. The molecule has 7 heteroatoms. The zero-order chi connectivity index (χ0) is 13.2. The van der Waals surface area contributed by atoms with Crippen LogP contribution in [0.1, 0.15) is 13.8 Å². The van der Waals surface area contributed by atoms with Crippen LogP contribution in [0.5, 0.6) is 0 Å². The first-order valence-electron chi connectivity index (χ1n) is 5.03. The Hall–Kier alpha value is -1.50. The van der Waals surface area contributed by atoms with E-state index in [4.69, 9.17) is 0 Å². The summed E-state index contributed by atoms with van der Waals surface area (Å²) in [5, 5.41) is 9.77. The molecule has 1 aliphatic heterocycles. The number of halogens is 2. The van der Waals surface area contributed by atoms with Gasteiger partial charge in [0.1, 0.15) is 5.70 Å². The Morgan fingerprint density at radius 3 is 2.76 bits per heavy atom. The molecule has 1 N–H and O–H groups in total. The highest BCUT2D eigenvalue weighted by Gasteiger charge is 2.54. The molecule has 5 nitrogen and oxygen atoms in total. The lowest BCUT2D eigenvalue weighted by Gasteiger charge is -2.34. The van der Waals surface area contributed by atoms with Crippen molar-refractivity contribution in [2.75, 3.05) is 6.61 Å². The molecule has 0 unspecified atom stereocenters. The molecule has 17 heavy (non-hydrogen) atoms. The van der Waals surface area contributed by atoms with Gasteiger partial charge in [-0.25, -0.2) is 13.6 Å². The summed E-state index contributed by atoms with van der Waals surface area (Å²) in [5.41, 5.74) is -3.05. The molecule has 0 aliphatic carbocycles. The second-order valence-electron chi connectivity index (χ2n) is 3.62. The van der Waals surface area contributed by atoms with E-state index < -0.39 is 24.0 Å². The van der Waals surface area contributed by atoms with Crippen LogP contribution in [0.2, 0.25) is 0 Å². The second-order valence-corrected chi connectivity index (χ2v) is 3.62. The quantitative estimate of drug-likeness (QED) is 0.582. The highest BCUT2D eigenvalue weighted by Crippen LogP contribution is 2.38. The monoisotopic (exact) mass is 249 g/mol. The fourth-order valence-electron chi connectivity index (χ4n) is 1.67. The van der Waals surface area contributed by atoms with Crippen molar-refractivity contribution in [1.29, 1.82) is 0 Å². The van der Waals surface area contributed by atoms with Gasteiger partial charge in [-0.05, 0) is 13.0 Å². The molecule has 1 heterocycles. The molecule has 1 aliphatic rings. The van der Waals surface area contributed by atoms with Gasteiger partial charge in [0, 0.05) is 5.92 Å². The van der Waals surface area contributed by atoms with Crippen molar-refractivity contribution < 1.29 is 28.2 Å². The molecule has 0 aromatic rings. The number of rotatable bonds is 4. The standard InChI is InChI=1S/C10H13F2NO4/c1-3-17-8(15)7-4-6(2)10(16,9(11)12)13(7)5-14/h4-6,9,16H,3H2,1-2H3/t6-,10+/m1/s1. The molecule has 0 spiro atoms. The van der Waals surface area contributed by atoms with Crippen molar-refractivity contribution in [2.24, 2.45) is 5.92 Å². The van der Waals surface area contributed by atoms with E-state index >= 15 is 0 Å². The van der Waals surface area contributed by atoms with Crippen LogP contribution in [0, 0.1) is 5.92 Å². The maximum absolute atomic E-state index is 12.8. The second kappa shape index (κ2) is 4.79. The fraction of sp³-hybridized carbons (Fsp3) is 0.600. The normalized spacial score (nSPS) is 28.2. The lowest BCUT2D eigenvalue weighted by atomic mass is 10.0. The number of nitrogens with zero attached hydrogens (tertiary/aromatic N) is 1. The van der Waals surface area contributed by atoms with Gasteiger partial charge >= 0.3 is 5.97 Å². The van der Waals surface area contributed by atoms with Crippen LogP contribution in [-0.4, -0.2) is 41.1 Å². The summed E-state index contributed by atoms with van der Waals surface area (Å²) in [6.45, 7) is 2.88. The summed E-state index contributed by atoms with van der Waals surface area (Å²) in [6, 6.07) is 0. The van der Waals surface area contributed by atoms with Crippen LogP contribution in [0.25, 0.3) is 0 Å². The van der Waals surface area contributed by atoms with Gasteiger partial charge in [-0.2, -0.15) is 0 Å². The third kappa shape index (κ3) is 2.02. The minimum Gasteiger partial charge on any atom is -0.461 e. The number of hydrogen-bond acceptors (Lipinski definition) is 4. The zero-order valence-electron chi connectivity index (χ0n) is 9.39. The molecule has 0 radical (unpaired) electrons. The molecule has 1 rings (SSSR count). The Morgan fingerprint density at radius 2 is 2.35 bits per heavy atom.